The Labute approximate surface area is 129 Å². The highest BCUT2D eigenvalue weighted by Crippen LogP contribution is 2.22. The molecule has 0 aromatic carbocycles. The summed E-state index contributed by atoms with van der Waals surface area (Å²) in [4.78, 5) is 11.0. The Balaban J connectivity index is 1.69. The Morgan fingerprint density at radius 2 is 2.00 bits per heavy atom. The average Bonchev–Trinajstić information content (AvgIpc) is 3.23. The highest BCUT2D eigenvalue weighted by molar-refractivity contribution is 7.80. The molecular weight excluding hydrogens is 294 g/mol. The van der Waals surface area contributed by atoms with Gasteiger partial charge >= 0.3 is 0 Å². The summed E-state index contributed by atoms with van der Waals surface area (Å²) in [6.45, 7) is 2.05. The first-order valence-corrected chi connectivity index (χ1v) is 7.86. The molecule has 0 spiro atoms. The number of piperidine rings is 1. The first-order valence-electron chi connectivity index (χ1n) is 7.08. The molecule has 2 fully saturated rings. The fourth-order valence-corrected chi connectivity index (χ4v) is 2.73. The molecule has 1 aromatic heterocycles. The van der Waals surface area contributed by atoms with E-state index < -0.39 is 0 Å². The largest absolute Gasteiger partial charge is 0.360 e. The minimum Gasteiger partial charge on any atom is -0.360 e. The Bertz CT molecular complexity index is 500. The Hall–Kier alpha value is -1.14. The van der Waals surface area contributed by atoms with Crippen molar-refractivity contribution in [2.75, 3.05) is 23.3 Å². The summed E-state index contributed by atoms with van der Waals surface area (Å²) in [6, 6.07) is 2.32. The second-order valence-corrected chi connectivity index (χ2v) is 6.09. The maximum atomic E-state index is 6.09. The lowest BCUT2D eigenvalue weighted by atomic mass is 10.1. The number of rotatable bonds is 3. The van der Waals surface area contributed by atoms with E-state index in [1.54, 1.807) is 0 Å². The van der Waals surface area contributed by atoms with Crippen molar-refractivity contribution < 1.29 is 0 Å². The van der Waals surface area contributed by atoms with E-state index in [2.05, 4.69) is 25.5 Å². The van der Waals surface area contributed by atoms with Crippen LogP contribution in [0.25, 0.3) is 0 Å². The molecule has 3 rings (SSSR count). The molecule has 1 saturated carbocycles. The molecule has 0 amide bonds. The summed E-state index contributed by atoms with van der Waals surface area (Å²) in [5, 5.41) is 7.24. The van der Waals surface area contributed by atoms with Crippen molar-refractivity contribution in [2.24, 2.45) is 0 Å². The average molecular weight is 312 g/mol. The number of aromatic nitrogens is 2. The molecule has 2 heterocycles. The molecule has 1 aliphatic heterocycles. The van der Waals surface area contributed by atoms with Gasteiger partial charge in [0.15, 0.2) is 5.11 Å². The SMILES string of the molecule is S=C(Nc1nc(Cl)cc(N2CCCCC2)n1)NC1CC1. The van der Waals surface area contributed by atoms with Gasteiger partial charge in [-0.25, -0.2) is 4.98 Å². The fourth-order valence-electron chi connectivity index (χ4n) is 2.30. The van der Waals surface area contributed by atoms with Crippen LogP contribution in [0.3, 0.4) is 0 Å². The predicted octanol–water partition coefficient (Wildman–Crippen LogP) is 2.57. The number of nitrogens with zero attached hydrogens (tertiary/aromatic N) is 3. The Morgan fingerprint density at radius 3 is 2.70 bits per heavy atom. The van der Waals surface area contributed by atoms with Crippen molar-refractivity contribution in [3.8, 4) is 0 Å². The second-order valence-electron chi connectivity index (χ2n) is 5.29. The van der Waals surface area contributed by atoms with Gasteiger partial charge in [0.25, 0.3) is 0 Å². The number of hydrogen-bond acceptors (Lipinski definition) is 4. The zero-order valence-electron chi connectivity index (χ0n) is 11.2. The molecular formula is C13H18ClN5S. The molecule has 0 bridgehead atoms. The minimum atomic E-state index is 0.442. The van der Waals surface area contributed by atoms with Crippen molar-refractivity contribution in [2.45, 2.75) is 38.1 Å². The molecule has 0 unspecified atom stereocenters. The standard InChI is InChI=1S/C13H18ClN5S/c14-10-8-11(19-6-2-1-3-7-19)17-12(16-10)18-13(20)15-9-4-5-9/h8-9H,1-7H2,(H2,15,16,17,18,20). The van der Waals surface area contributed by atoms with Crippen molar-refractivity contribution in [3.05, 3.63) is 11.2 Å². The third kappa shape index (κ3) is 3.70. The van der Waals surface area contributed by atoms with E-state index in [0.717, 1.165) is 18.9 Å². The van der Waals surface area contributed by atoms with E-state index in [-0.39, 0.29) is 0 Å². The lowest BCUT2D eigenvalue weighted by Crippen LogP contribution is -2.32. The molecule has 1 saturated heterocycles. The smallest absolute Gasteiger partial charge is 0.232 e. The molecule has 1 aliphatic carbocycles. The lowest BCUT2D eigenvalue weighted by molar-refractivity contribution is 0.573. The second kappa shape index (κ2) is 6.10. The van der Waals surface area contributed by atoms with Crippen molar-refractivity contribution >= 4 is 40.7 Å². The predicted molar refractivity (Wildman–Crippen MR) is 85.5 cm³/mol. The van der Waals surface area contributed by atoms with Crippen molar-refractivity contribution in [1.82, 2.24) is 15.3 Å². The highest BCUT2D eigenvalue weighted by Gasteiger charge is 2.22. The van der Waals surface area contributed by atoms with E-state index >= 15 is 0 Å². The minimum absolute atomic E-state index is 0.442. The van der Waals surface area contributed by atoms with Crippen LogP contribution in [0.2, 0.25) is 5.15 Å². The summed E-state index contributed by atoms with van der Waals surface area (Å²) in [5.74, 6) is 1.35. The van der Waals surface area contributed by atoms with Crippen molar-refractivity contribution in [3.63, 3.8) is 0 Å². The summed E-state index contributed by atoms with van der Waals surface area (Å²) in [7, 11) is 0. The Morgan fingerprint density at radius 1 is 1.25 bits per heavy atom. The molecule has 0 radical (unpaired) electrons. The third-order valence-electron chi connectivity index (χ3n) is 3.50. The van der Waals surface area contributed by atoms with Gasteiger partial charge in [-0.15, -0.1) is 0 Å². The number of halogens is 1. The van der Waals surface area contributed by atoms with E-state index in [0.29, 0.717) is 22.3 Å². The summed E-state index contributed by atoms with van der Waals surface area (Å²) in [6.07, 6.45) is 6.04. The van der Waals surface area contributed by atoms with Crippen LogP contribution in [0.4, 0.5) is 11.8 Å². The zero-order chi connectivity index (χ0) is 13.9. The first-order chi connectivity index (χ1) is 9.70. The van der Waals surface area contributed by atoms with Crippen LogP contribution >= 0.6 is 23.8 Å². The lowest BCUT2D eigenvalue weighted by Gasteiger charge is -2.27. The molecule has 20 heavy (non-hydrogen) atoms. The monoisotopic (exact) mass is 311 g/mol. The maximum absolute atomic E-state index is 6.09. The summed E-state index contributed by atoms with van der Waals surface area (Å²) in [5.41, 5.74) is 0. The maximum Gasteiger partial charge on any atom is 0.232 e. The normalized spacial score (nSPS) is 18.8. The van der Waals surface area contributed by atoms with Crippen LogP contribution in [0.1, 0.15) is 32.1 Å². The van der Waals surface area contributed by atoms with Crippen molar-refractivity contribution in [1.29, 1.82) is 0 Å². The third-order valence-corrected chi connectivity index (χ3v) is 3.91. The van der Waals surface area contributed by atoms with Gasteiger partial charge in [-0.3, -0.25) is 0 Å². The van der Waals surface area contributed by atoms with Crippen LogP contribution < -0.4 is 15.5 Å². The molecule has 7 heteroatoms. The van der Waals surface area contributed by atoms with E-state index in [4.69, 9.17) is 23.8 Å². The summed E-state index contributed by atoms with van der Waals surface area (Å²) < 4.78 is 0. The molecule has 1 aromatic rings. The number of thiocarbonyl (C=S) groups is 1. The molecule has 2 N–H and O–H groups in total. The van der Waals surface area contributed by atoms with Gasteiger partial charge in [-0.1, -0.05) is 11.6 Å². The fraction of sp³-hybridized carbons (Fsp3) is 0.615. The van der Waals surface area contributed by atoms with Crippen LogP contribution in [-0.4, -0.2) is 34.2 Å². The number of nitrogens with one attached hydrogen (secondary N) is 2. The van der Waals surface area contributed by atoms with Gasteiger partial charge in [0.1, 0.15) is 11.0 Å². The van der Waals surface area contributed by atoms with Gasteiger partial charge in [-0.2, -0.15) is 4.98 Å². The first kappa shape index (κ1) is 13.8. The summed E-state index contributed by atoms with van der Waals surface area (Å²) >= 11 is 11.3. The molecule has 5 nitrogen and oxygen atoms in total. The van der Waals surface area contributed by atoms with Crippen LogP contribution in [0.5, 0.6) is 0 Å². The quantitative estimate of drug-likeness (QED) is 0.661. The van der Waals surface area contributed by atoms with Gasteiger partial charge in [0.2, 0.25) is 5.95 Å². The topological polar surface area (TPSA) is 53.1 Å². The van der Waals surface area contributed by atoms with Gasteiger partial charge in [-0.05, 0) is 44.3 Å². The molecule has 108 valence electrons. The molecule has 0 atom stereocenters. The van der Waals surface area contributed by atoms with Gasteiger partial charge in [0, 0.05) is 25.2 Å². The highest BCUT2D eigenvalue weighted by atomic mass is 35.5. The van der Waals surface area contributed by atoms with E-state index in [1.807, 2.05) is 6.07 Å². The Kier molecular flexibility index (Phi) is 4.21. The zero-order valence-corrected chi connectivity index (χ0v) is 12.8. The number of hydrogen-bond donors (Lipinski definition) is 2. The van der Waals surface area contributed by atoms with Crippen LogP contribution in [0, 0.1) is 0 Å². The van der Waals surface area contributed by atoms with E-state index in [9.17, 15) is 0 Å². The van der Waals surface area contributed by atoms with Gasteiger partial charge in [0.05, 0.1) is 0 Å². The number of anilines is 2. The van der Waals surface area contributed by atoms with Crippen LogP contribution in [-0.2, 0) is 0 Å². The molecule has 2 aliphatic rings. The van der Waals surface area contributed by atoms with Gasteiger partial charge < -0.3 is 15.5 Å². The van der Waals surface area contributed by atoms with E-state index in [1.165, 1.54) is 32.1 Å². The van der Waals surface area contributed by atoms with Crippen LogP contribution in [0.15, 0.2) is 6.07 Å².